The summed E-state index contributed by atoms with van der Waals surface area (Å²) >= 11 is 3.40. The number of rotatable bonds is 5. The fraction of sp³-hybridized carbons (Fsp3) is 0.538. The van der Waals surface area contributed by atoms with Crippen LogP contribution in [0, 0.1) is 23.0 Å². The molecule has 1 fully saturated rings. The first-order valence-electron chi connectivity index (χ1n) is 6.24. The summed E-state index contributed by atoms with van der Waals surface area (Å²) in [6.07, 6.45) is 3.67. The van der Waals surface area contributed by atoms with Gasteiger partial charge in [-0.1, -0.05) is 13.3 Å². The van der Waals surface area contributed by atoms with E-state index < -0.39 is 0 Å². The Bertz CT molecular complexity index is 476. The van der Waals surface area contributed by atoms with E-state index in [0.717, 1.165) is 16.1 Å². The number of benzene rings is 1. The molecule has 0 spiro atoms. The Balaban J connectivity index is 2.10. The van der Waals surface area contributed by atoms with Crippen molar-refractivity contribution in [1.29, 1.82) is 0 Å². The van der Waals surface area contributed by atoms with Crippen molar-refractivity contribution in [2.24, 2.45) is 5.92 Å². The molecule has 2 rings (SSSR count). The van der Waals surface area contributed by atoms with Crippen LogP contribution >= 0.6 is 15.9 Å². The maximum atomic E-state index is 10.8. The van der Waals surface area contributed by atoms with Crippen LogP contribution in [0.1, 0.15) is 31.7 Å². The smallest absolute Gasteiger partial charge is 0.273 e. The molecule has 18 heavy (non-hydrogen) atoms. The summed E-state index contributed by atoms with van der Waals surface area (Å²) in [5, 5.41) is 14.3. The van der Waals surface area contributed by atoms with Crippen LogP contribution in [-0.2, 0) is 0 Å². The van der Waals surface area contributed by atoms with Crippen LogP contribution in [0.4, 0.5) is 11.4 Å². The van der Waals surface area contributed by atoms with Gasteiger partial charge in [0.2, 0.25) is 0 Å². The molecular weight excluding hydrogens is 296 g/mol. The second-order valence-corrected chi connectivity index (χ2v) is 5.77. The summed E-state index contributed by atoms with van der Waals surface area (Å²) < 4.78 is 0.766. The van der Waals surface area contributed by atoms with Gasteiger partial charge in [0, 0.05) is 27.8 Å². The molecule has 4 nitrogen and oxygen atoms in total. The number of nitrogens with one attached hydrogen (secondary N) is 1. The predicted octanol–water partition coefficient (Wildman–Crippen LogP) is 4.27. The molecule has 5 heteroatoms. The van der Waals surface area contributed by atoms with Gasteiger partial charge >= 0.3 is 0 Å². The number of nitrogens with zero attached hydrogens (tertiary/aromatic N) is 1. The fourth-order valence-corrected chi connectivity index (χ4v) is 2.74. The van der Waals surface area contributed by atoms with Gasteiger partial charge in [-0.2, -0.15) is 0 Å². The van der Waals surface area contributed by atoms with E-state index in [4.69, 9.17) is 0 Å². The lowest BCUT2D eigenvalue weighted by atomic mass is 10.1. The molecule has 1 N–H and O–H groups in total. The summed E-state index contributed by atoms with van der Waals surface area (Å²) in [6, 6.07) is 3.96. The van der Waals surface area contributed by atoms with Gasteiger partial charge in [0.1, 0.15) is 0 Å². The van der Waals surface area contributed by atoms with E-state index in [1.165, 1.54) is 19.3 Å². The van der Waals surface area contributed by atoms with Crippen LogP contribution in [0.2, 0.25) is 0 Å². The lowest BCUT2D eigenvalue weighted by Crippen LogP contribution is -2.06. The van der Waals surface area contributed by atoms with E-state index in [1.807, 2.05) is 6.07 Å². The first-order valence-corrected chi connectivity index (χ1v) is 7.03. The van der Waals surface area contributed by atoms with Gasteiger partial charge in [-0.15, -0.1) is 0 Å². The summed E-state index contributed by atoms with van der Waals surface area (Å²) in [6.45, 7) is 3.97. The van der Waals surface area contributed by atoms with Crippen LogP contribution in [0.5, 0.6) is 0 Å². The van der Waals surface area contributed by atoms with Crippen molar-refractivity contribution < 1.29 is 4.92 Å². The van der Waals surface area contributed by atoms with Gasteiger partial charge in [-0.05, 0) is 47.7 Å². The number of anilines is 1. The number of halogens is 1. The third-order valence-corrected chi connectivity index (χ3v) is 4.06. The Hall–Kier alpha value is -1.10. The van der Waals surface area contributed by atoms with Crippen molar-refractivity contribution in [3.8, 4) is 0 Å². The zero-order valence-electron chi connectivity index (χ0n) is 10.6. The molecule has 1 aliphatic carbocycles. The fourth-order valence-electron chi connectivity index (χ4n) is 2.29. The third-order valence-electron chi connectivity index (χ3n) is 3.41. The zero-order valence-corrected chi connectivity index (χ0v) is 12.2. The normalized spacial score (nSPS) is 21.7. The first-order chi connectivity index (χ1) is 8.52. The monoisotopic (exact) mass is 312 g/mol. The largest absolute Gasteiger partial charge is 0.381 e. The summed E-state index contributed by atoms with van der Waals surface area (Å²) in [7, 11) is 0. The quantitative estimate of drug-likeness (QED) is 0.652. The molecule has 1 saturated carbocycles. The van der Waals surface area contributed by atoms with Crippen LogP contribution in [-0.4, -0.2) is 11.0 Å². The van der Waals surface area contributed by atoms with Crippen LogP contribution in [0.25, 0.3) is 0 Å². The Morgan fingerprint density at radius 2 is 2.28 bits per heavy atom. The Morgan fingerprint density at radius 1 is 1.56 bits per heavy atom. The van der Waals surface area contributed by atoms with Gasteiger partial charge in [0.15, 0.2) is 0 Å². The number of hydrogen-bond donors (Lipinski definition) is 1. The highest BCUT2D eigenvalue weighted by Gasteiger charge is 2.36. The molecule has 1 aromatic rings. The van der Waals surface area contributed by atoms with Crippen LogP contribution in [0.3, 0.4) is 0 Å². The third kappa shape index (κ3) is 2.83. The molecule has 1 aromatic carbocycles. The molecule has 0 saturated heterocycles. The van der Waals surface area contributed by atoms with Gasteiger partial charge in [0.25, 0.3) is 5.69 Å². The van der Waals surface area contributed by atoms with Gasteiger partial charge < -0.3 is 5.32 Å². The van der Waals surface area contributed by atoms with Crippen molar-refractivity contribution in [3.05, 3.63) is 32.3 Å². The molecule has 0 radical (unpaired) electrons. The minimum absolute atomic E-state index is 0.160. The maximum Gasteiger partial charge on any atom is 0.273 e. The molecule has 0 aliphatic heterocycles. The van der Waals surface area contributed by atoms with E-state index in [9.17, 15) is 10.1 Å². The second-order valence-electron chi connectivity index (χ2n) is 4.91. The Labute approximate surface area is 115 Å². The standard InChI is InChI=1S/C13H17BrN2O2/c1-3-4-9-6-11(9)15-12-5-8(2)13(16(17)18)7-10(12)14/h5,7,9,11,15H,3-4,6H2,1-2H3. The van der Waals surface area contributed by atoms with Gasteiger partial charge in [-0.25, -0.2) is 0 Å². The average molecular weight is 313 g/mol. The minimum atomic E-state index is -0.346. The maximum absolute atomic E-state index is 10.8. The lowest BCUT2D eigenvalue weighted by molar-refractivity contribution is -0.385. The van der Waals surface area contributed by atoms with E-state index in [-0.39, 0.29) is 10.6 Å². The molecule has 2 unspecified atom stereocenters. The highest BCUT2D eigenvalue weighted by atomic mass is 79.9. The van der Waals surface area contributed by atoms with Crippen LogP contribution in [0.15, 0.2) is 16.6 Å². The topological polar surface area (TPSA) is 55.2 Å². The number of nitro benzene ring substituents is 1. The lowest BCUT2D eigenvalue weighted by Gasteiger charge is -2.09. The predicted molar refractivity (Wildman–Crippen MR) is 76.0 cm³/mol. The molecule has 0 heterocycles. The van der Waals surface area contributed by atoms with Crippen molar-refractivity contribution >= 4 is 27.3 Å². The summed E-state index contributed by atoms with van der Waals surface area (Å²) in [5.74, 6) is 0.761. The molecule has 0 bridgehead atoms. The van der Waals surface area contributed by atoms with E-state index >= 15 is 0 Å². The van der Waals surface area contributed by atoms with Crippen molar-refractivity contribution in [2.45, 2.75) is 39.2 Å². The van der Waals surface area contributed by atoms with Crippen LogP contribution < -0.4 is 5.32 Å². The van der Waals surface area contributed by atoms with E-state index in [1.54, 1.807) is 13.0 Å². The van der Waals surface area contributed by atoms with Gasteiger partial charge in [0.05, 0.1) is 4.92 Å². The highest BCUT2D eigenvalue weighted by Crippen LogP contribution is 2.40. The Kier molecular flexibility index (Phi) is 3.90. The number of nitro groups is 1. The van der Waals surface area contributed by atoms with Crippen molar-refractivity contribution in [2.75, 3.05) is 5.32 Å². The molecule has 0 aromatic heterocycles. The average Bonchev–Trinajstić information content (AvgIpc) is 3.01. The minimum Gasteiger partial charge on any atom is -0.381 e. The van der Waals surface area contributed by atoms with E-state index in [2.05, 4.69) is 28.2 Å². The summed E-state index contributed by atoms with van der Waals surface area (Å²) in [4.78, 5) is 10.5. The highest BCUT2D eigenvalue weighted by molar-refractivity contribution is 9.10. The summed E-state index contributed by atoms with van der Waals surface area (Å²) in [5.41, 5.74) is 1.81. The molecule has 0 amide bonds. The molecule has 2 atom stereocenters. The van der Waals surface area contributed by atoms with E-state index in [0.29, 0.717) is 11.6 Å². The SMILES string of the molecule is CCCC1CC1Nc1cc(C)c([N+](=O)[O-])cc1Br. The molecule has 1 aliphatic rings. The number of hydrogen-bond acceptors (Lipinski definition) is 3. The zero-order chi connectivity index (χ0) is 13.3. The van der Waals surface area contributed by atoms with Gasteiger partial charge in [-0.3, -0.25) is 10.1 Å². The van der Waals surface area contributed by atoms with Crippen molar-refractivity contribution in [1.82, 2.24) is 0 Å². The first kappa shape index (κ1) is 13.3. The van der Waals surface area contributed by atoms with Crippen molar-refractivity contribution in [3.63, 3.8) is 0 Å². The Morgan fingerprint density at radius 3 is 2.89 bits per heavy atom. The molecular formula is C13H17BrN2O2. The molecule has 98 valence electrons. The second kappa shape index (κ2) is 5.26. The number of aryl methyl sites for hydroxylation is 1.